The van der Waals surface area contributed by atoms with E-state index in [2.05, 4.69) is 0 Å². The van der Waals surface area contributed by atoms with Crippen LogP contribution in [0.3, 0.4) is 0 Å². The second-order valence-electron chi connectivity index (χ2n) is 1.22. The summed E-state index contributed by atoms with van der Waals surface area (Å²) in [5.41, 5.74) is 0. The molecule has 0 saturated heterocycles. The first kappa shape index (κ1) is 36.7. The number of rotatable bonds is 0. The molecule has 0 aliphatic heterocycles. The SMILES string of the molecule is O=S(=O)([O-])[O-].O=S(=O)([O-])[O-].O=S(=O)([O-])[O-].[Cr+3].[Cr+3].[NaH]. The summed E-state index contributed by atoms with van der Waals surface area (Å²) in [6.07, 6.45) is 0. The van der Waals surface area contributed by atoms with Crippen molar-refractivity contribution in [3.8, 4) is 0 Å². The predicted octanol–water partition coefficient (Wildman–Crippen LogP) is -4.67. The molecule has 0 amide bonds. The average molecular weight is 416 g/mol. The van der Waals surface area contributed by atoms with Crippen molar-refractivity contribution in [1.82, 2.24) is 0 Å². The minimum atomic E-state index is -5.17. The van der Waals surface area contributed by atoms with Crippen LogP contribution in [0.25, 0.3) is 0 Å². The van der Waals surface area contributed by atoms with Crippen molar-refractivity contribution in [3.05, 3.63) is 0 Å². The van der Waals surface area contributed by atoms with E-state index in [4.69, 9.17) is 52.6 Å². The fourth-order valence-electron chi connectivity index (χ4n) is 0. The molecule has 0 aliphatic carbocycles. The molecule has 0 heterocycles. The standard InChI is InChI=1S/2Cr.Na.3H2O4S.H/c;;;3*1-5(2,3)4;/h;;;3*(H2,1,2,3,4);/q2*+3;;;;;/p-6. The van der Waals surface area contributed by atoms with E-state index in [1.165, 1.54) is 0 Å². The van der Waals surface area contributed by atoms with Crippen molar-refractivity contribution in [1.29, 1.82) is 0 Å². The van der Waals surface area contributed by atoms with Gasteiger partial charge in [0.2, 0.25) is 0 Å². The third-order valence-electron chi connectivity index (χ3n) is 0. The molecule has 0 saturated carbocycles. The van der Waals surface area contributed by atoms with Crippen LogP contribution in [0, 0.1) is 0 Å². The van der Waals surface area contributed by atoms with Crippen LogP contribution in [0.2, 0.25) is 0 Å². The van der Waals surface area contributed by atoms with E-state index in [-0.39, 0.29) is 64.3 Å². The van der Waals surface area contributed by atoms with E-state index in [0.29, 0.717) is 0 Å². The summed E-state index contributed by atoms with van der Waals surface area (Å²) in [4.78, 5) is 0. The van der Waals surface area contributed by atoms with E-state index in [0.717, 1.165) is 0 Å². The average Bonchev–Trinajstić information content (AvgIpc) is 1.41. The second-order valence-corrected chi connectivity index (χ2v) is 3.67. The summed E-state index contributed by atoms with van der Waals surface area (Å²) in [5, 5.41) is 0. The van der Waals surface area contributed by atoms with Gasteiger partial charge in [-0.3, -0.25) is 25.3 Å². The summed E-state index contributed by atoms with van der Waals surface area (Å²) in [6.45, 7) is 0. The second kappa shape index (κ2) is 15.1. The van der Waals surface area contributed by atoms with Gasteiger partial charge in [-0.05, 0) is 0 Å². The van der Waals surface area contributed by atoms with Gasteiger partial charge in [0.05, 0.1) is 0 Å². The number of hydrogen-bond acceptors (Lipinski definition) is 12. The van der Waals surface area contributed by atoms with Crippen molar-refractivity contribution in [2.45, 2.75) is 0 Å². The normalized spacial score (nSPS) is 9.67. The van der Waals surface area contributed by atoms with E-state index in [1.807, 2.05) is 0 Å². The molecule has 0 rings (SSSR count). The molecule has 0 spiro atoms. The molecule has 0 atom stereocenters. The van der Waals surface area contributed by atoms with Crippen LogP contribution in [0.1, 0.15) is 0 Å². The monoisotopic (exact) mass is 416 g/mol. The molecule has 18 heavy (non-hydrogen) atoms. The van der Waals surface area contributed by atoms with Crippen LogP contribution >= 0.6 is 0 Å². The van der Waals surface area contributed by atoms with Gasteiger partial charge >= 0.3 is 64.3 Å². The van der Waals surface area contributed by atoms with E-state index in [9.17, 15) is 0 Å². The van der Waals surface area contributed by atoms with Gasteiger partial charge in [0, 0.05) is 31.2 Å². The maximum atomic E-state index is 8.52. The Bertz CT molecular complexity index is 346. The van der Waals surface area contributed by atoms with Crippen molar-refractivity contribution in [2.24, 2.45) is 0 Å². The topological polar surface area (TPSA) is 241 Å². The number of hydrogen-bond donors (Lipinski definition) is 0. The maximum absolute atomic E-state index is 8.52. The first-order valence-electron chi connectivity index (χ1n) is 2.00. The summed E-state index contributed by atoms with van der Waals surface area (Å²) in [7, 11) is -15.5. The molecule has 0 fully saturated rings. The van der Waals surface area contributed by atoms with Crippen molar-refractivity contribution >= 4 is 60.8 Å². The first-order chi connectivity index (χ1) is 6.00. The Labute approximate surface area is 146 Å². The summed E-state index contributed by atoms with van der Waals surface area (Å²) >= 11 is 0. The van der Waals surface area contributed by atoms with Crippen LogP contribution in [0.4, 0.5) is 0 Å². The van der Waals surface area contributed by atoms with Gasteiger partial charge in [-0.1, -0.05) is 0 Å². The Hall–Kier alpha value is 1.67. The van der Waals surface area contributed by atoms with E-state index >= 15 is 0 Å². The summed E-state index contributed by atoms with van der Waals surface area (Å²) in [6, 6.07) is 0. The zero-order valence-corrected chi connectivity index (χ0v) is 11.9. The third kappa shape index (κ3) is 1750. The molecule has 104 valence electrons. The fourth-order valence-corrected chi connectivity index (χ4v) is 0. The van der Waals surface area contributed by atoms with Gasteiger partial charge < -0.3 is 27.3 Å². The van der Waals surface area contributed by atoms with E-state index in [1.54, 1.807) is 0 Å². The Morgan fingerprint density at radius 2 is 0.444 bits per heavy atom. The summed E-state index contributed by atoms with van der Waals surface area (Å²) < 4.78 is 102. The fraction of sp³-hybridized carbons (Fsp3) is 0. The molecule has 12 nitrogen and oxygen atoms in total. The van der Waals surface area contributed by atoms with Gasteiger partial charge in [0.15, 0.2) is 0 Å². The van der Waals surface area contributed by atoms with Crippen molar-refractivity contribution in [2.75, 3.05) is 0 Å². The van der Waals surface area contributed by atoms with Crippen LogP contribution in [0.5, 0.6) is 0 Å². The molecule has 0 aromatic heterocycles. The van der Waals surface area contributed by atoms with Crippen LogP contribution in [-0.2, 0) is 65.9 Å². The van der Waals surface area contributed by atoms with Gasteiger partial charge in [0.1, 0.15) is 0 Å². The van der Waals surface area contributed by atoms with Crippen molar-refractivity contribution < 1.29 is 87.3 Å². The zero-order chi connectivity index (χ0) is 13.5. The molecule has 0 aromatic carbocycles. The Morgan fingerprint density at radius 3 is 0.444 bits per heavy atom. The quantitative estimate of drug-likeness (QED) is 0.205. The van der Waals surface area contributed by atoms with Crippen LogP contribution in [-0.4, -0.2) is 82.1 Å². The minimum absolute atomic E-state index is 0. The van der Waals surface area contributed by atoms with Crippen LogP contribution < -0.4 is 0 Å². The Kier molecular flexibility index (Phi) is 30.7. The summed E-state index contributed by atoms with van der Waals surface area (Å²) in [5.74, 6) is 0. The zero-order valence-electron chi connectivity index (χ0n) is 6.94. The third-order valence-corrected chi connectivity index (χ3v) is 0. The van der Waals surface area contributed by atoms with Crippen LogP contribution in [0.15, 0.2) is 0 Å². The molecule has 2 radical (unpaired) electrons. The van der Waals surface area contributed by atoms with Gasteiger partial charge in [-0.15, -0.1) is 0 Å². The molecule has 0 N–H and O–H groups in total. The molecular weight excluding hydrogens is 415 g/mol. The Balaban J connectivity index is -0.0000000277. The molecular formula is HCr2NaO12S3. The first-order valence-corrected chi connectivity index (χ1v) is 6.00. The molecule has 0 aromatic rings. The van der Waals surface area contributed by atoms with Crippen molar-refractivity contribution in [3.63, 3.8) is 0 Å². The predicted molar refractivity (Wildman–Crippen MR) is 38.6 cm³/mol. The Morgan fingerprint density at radius 1 is 0.444 bits per heavy atom. The van der Waals surface area contributed by atoms with E-state index < -0.39 is 31.2 Å². The molecule has 0 bridgehead atoms. The van der Waals surface area contributed by atoms with Gasteiger partial charge in [0.25, 0.3) is 0 Å². The molecule has 0 unspecified atom stereocenters. The van der Waals surface area contributed by atoms with Gasteiger partial charge in [-0.2, -0.15) is 0 Å². The van der Waals surface area contributed by atoms with Gasteiger partial charge in [-0.25, -0.2) is 0 Å². The molecule has 0 aliphatic rings. The molecule has 18 heteroatoms.